The summed E-state index contributed by atoms with van der Waals surface area (Å²) in [5, 5.41) is 10.9. The molecule has 1 aromatic carbocycles. The van der Waals surface area contributed by atoms with Gasteiger partial charge in [-0.25, -0.2) is 4.79 Å². The van der Waals surface area contributed by atoms with Crippen LogP contribution in [0.25, 0.3) is 10.9 Å². The number of benzene rings is 1. The Balaban J connectivity index is 2.24. The van der Waals surface area contributed by atoms with Crippen LogP contribution in [-0.4, -0.2) is 27.6 Å². The fourth-order valence-corrected chi connectivity index (χ4v) is 4.44. The van der Waals surface area contributed by atoms with Gasteiger partial charge in [0.25, 0.3) is 0 Å². The van der Waals surface area contributed by atoms with Gasteiger partial charge in [-0.15, -0.1) is 0 Å². The standard InChI is InChI=1S/C18H23BrN2O2/c1-11-9-18(17(2,3)4,21(10-11)16(22)23)15-7-12-5-6-13(19)8-14(12)20-15/h5-8,11,20H,9-10H2,1-4H3,(H,22,23)/t11-,18-/m0/s1. The Bertz CT molecular complexity index is 762. The summed E-state index contributed by atoms with van der Waals surface area (Å²) in [6, 6.07) is 8.22. The first-order chi connectivity index (χ1) is 10.6. The van der Waals surface area contributed by atoms with E-state index in [1.54, 1.807) is 4.90 Å². The maximum atomic E-state index is 12.0. The highest BCUT2D eigenvalue weighted by Crippen LogP contribution is 2.53. The molecule has 0 spiro atoms. The van der Waals surface area contributed by atoms with Gasteiger partial charge in [0.2, 0.25) is 0 Å². The lowest BCUT2D eigenvalue weighted by atomic mass is 9.69. The number of carbonyl (C=O) groups is 1. The monoisotopic (exact) mass is 378 g/mol. The van der Waals surface area contributed by atoms with E-state index in [9.17, 15) is 9.90 Å². The summed E-state index contributed by atoms with van der Waals surface area (Å²) >= 11 is 3.50. The van der Waals surface area contributed by atoms with Crippen LogP contribution in [-0.2, 0) is 5.54 Å². The van der Waals surface area contributed by atoms with E-state index in [1.165, 1.54) is 0 Å². The van der Waals surface area contributed by atoms with E-state index < -0.39 is 11.6 Å². The molecule has 3 rings (SSSR count). The van der Waals surface area contributed by atoms with Gasteiger partial charge < -0.3 is 10.1 Å². The first kappa shape index (κ1) is 16.4. The number of hydrogen-bond acceptors (Lipinski definition) is 1. The van der Waals surface area contributed by atoms with Gasteiger partial charge >= 0.3 is 6.09 Å². The fraction of sp³-hybridized carbons (Fsp3) is 0.500. The molecule has 23 heavy (non-hydrogen) atoms. The maximum absolute atomic E-state index is 12.0. The van der Waals surface area contributed by atoms with Gasteiger partial charge in [0.15, 0.2) is 0 Å². The molecule has 2 N–H and O–H groups in total. The molecule has 1 aromatic heterocycles. The van der Waals surface area contributed by atoms with E-state index >= 15 is 0 Å². The number of nitrogens with zero attached hydrogens (tertiary/aromatic N) is 1. The van der Waals surface area contributed by atoms with Crippen molar-refractivity contribution < 1.29 is 9.90 Å². The molecule has 1 saturated heterocycles. The molecule has 1 fully saturated rings. The number of aromatic amines is 1. The maximum Gasteiger partial charge on any atom is 0.408 e. The first-order valence-corrected chi connectivity index (χ1v) is 8.74. The topological polar surface area (TPSA) is 56.3 Å². The Hall–Kier alpha value is -1.49. The van der Waals surface area contributed by atoms with Crippen LogP contribution in [0.3, 0.4) is 0 Å². The number of nitrogens with one attached hydrogen (secondary N) is 1. The zero-order chi connectivity index (χ0) is 17.0. The van der Waals surface area contributed by atoms with Crippen molar-refractivity contribution in [3.8, 4) is 0 Å². The molecule has 0 aliphatic carbocycles. The zero-order valence-electron chi connectivity index (χ0n) is 14.0. The van der Waals surface area contributed by atoms with Crippen molar-refractivity contribution in [2.75, 3.05) is 6.54 Å². The average molecular weight is 379 g/mol. The van der Waals surface area contributed by atoms with E-state index in [4.69, 9.17) is 0 Å². The summed E-state index contributed by atoms with van der Waals surface area (Å²) in [5.74, 6) is 0.337. The normalized spacial score (nSPS) is 25.3. The SMILES string of the molecule is C[C@@H]1CN(C(=O)O)[C@@](c2cc3ccc(Br)cc3[nH]2)(C(C)(C)C)C1. The molecule has 0 saturated carbocycles. The van der Waals surface area contributed by atoms with Crippen LogP contribution >= 0.6 is 15.9 Å². The van der Waals surface area contributed by atoms with E-state index in [-0.39, 0.29) is 5.41 Å². The number of fused-ring (bicyclic) bond motifs is 1. The molecule has 1 amide bonds. The smallest absolute Gasteiger partial charge is 0.408 e. The molecule has 1 aliphatic rings. The minimum Gasteiger partial charge on any atom is -0.465 e. The molecule has 5 heteroatoms. The number of aromatic nitrogens is 1. The van der Waals surface area contributed by atoms with E-state index in [2.05, 4.69) is 60.7 Å². The molecule has 1 aliphatic heterocycles. The highest BCUT2D eigenvalue weighted by Gasteiger charge is 2.56. The number of hydrogen-bond donors (Lipinski definition) is 2. The lowest BCUT2D eigenvalue weighted by molar-refractivity contribution is 0.0249. The summed E-state index contributed by atoms with van der Waals surface area (Å²) in [6.45, 7) is 9.08. The summed E-state index contributed by atoms with van der Waals surface area (Å²) < 4.78 is 1.01. The molecule has 2 aromatic rings. The van der Waals surface area contributed by atoms with Crippen molar-refractivity contribution in [2.24, 2.45) is 11.3 Å². The van der Waals surface area contributed by atoms with E-state index in [0.29, 0.717) is 12.5 Å². The van der Waals surface area contributed by atoms with Crippen LogP contribution in [0.4, 0.5) is 4.79 Å². The van der Waals surface area contributed by atoms with Crippen LogP contribution in [0, 0.1) is 11.3 Å². The lowest BCUT2D eigenvalue weighted by Gasteiger charge is -2.46. The minimum absolute atomic E-state index is 0.214. The van der Waals surface area contributed by atoms with Crippen molar-refractivity contribution in [3.63, 3.8) is 0 Å². The van der Waals surface area contributed by atoms with Gasteiger partial charge in [-0.05, 0) is 41.3 Å². The largest absolute Gasteiger partial charge is 0.465 e. The quantitative estimate of drug-likeness (QED) is 0.716. The third kappa shape index (κ3) is 2.45. The second-order valence-corrected chi connectivity index (χ2v) is 8.64. The Labute approximate surface area is 145 Å². The van der Waals surface area contributed by atoms with Gasteiger partial charge in [-0.3, -0.25) is 4.90 Å². The molecule has 2 atom stereocenters. The third-order valence-electron chi connectivity index (χ3n) is 5.10. The Morgan fingerprint density at radius 2 is 2.09 bits per heavy atom. The molecule has 4 nitrogen and oxygen atoms in total. The van der Waals surface area contributed by atoms with Crippen molar-refractivity contribution in [3.05, 3.63) is 34.4 Å². The van der Waals surface area contributed by atoms with Gasteiger partial charge in [0.05, 0.1) is 5.54 Å². The number of amides is 1. The predicted octanol–water partition coefficient (Wildman–Crippen LogP) is 5.19. The van der Waals surface area contributed by atoms with Crippen molar-refractivity contribution >= 4 is 32.9 Å². The van der Waals surface area contributed by atoms with Gasteiger partial charge in [0, 0.05) is 22.2 Å². The summed E-state index contributed by atoms with van der Waals surface area (Å²) in [6.07, 6.45) is -0.0133. The zero-order valence-corrected chi connectivity index (χ0v) is 15.6. The fourth-order valence-electron chi connectivity index (χ4n) is 4.08. The number of halogens is 1. The number of rotatable bonds is 1. The van der Waals surface area contributed by atoms with Gasteiger partial charge in [-0.1, -0.05) is 49.7 Å². The Morgan fingerprint density at radius 3 is 2.70 bits per heavy atom. The molecule has 0 unspecified atom stereocenters. The molecule has 2 heterocycles. The second-order valence-electron chi connectivity index (χ2n) is 7.73. The van der Waals surface area contributed by atoms with Crippen LogP contribution in [0.1, 0.15) is 39.8 Å². The second kappa shape index (κ2) is 5.26. The highest BCUT2D eigenvalue weighted by molar-refractivity contribution is 9.10. The van der Waals surface area contributed by atoms with Gasteiger partial charge in [0.1, 0.15) is 0 Å². The van der Waals surface area contributed by atoms with Crippen LogP contribution < -0.4 is 0 Å². The lowest BCUT2D eigenvalue weighted by Crippen LogP contribution is -2.53. The number of likely N-dealkylation sites (tertiary alicyclic amines) is 1. The van der Waals surface area contributed by atoms with Crippen LogP contribution in [0.2, 0.25) is 0 Å². The first-order valence-electron chi connectivity index (χ1n) is 7.94. The number of H-pyrrole nitrogens is 1. The predicted molar refractivity (Wildman–Crippen MR) is 95.6 cm³/mol. The van der Waals surface area contributed by atoms with Crippen LogP contribution in [0.5, 0.6) is 0 Å². The third-order valence-corrected chi connectivity index (χ3v) is 5.59. The summed E-state index contributed by atoms with van der Waals surface area (Å²) in [5.41, 5.74) is 1.27. The highest BCUT2D eigenvalue weighted by atomic mass is 79.9. The minimum atomic E-state index is -0.843. The Morgan fingerprint density at radius 1 is 1.39 bits per heavy atom. The number of carboxylic acid groups (broad SMARTS) is 1. The molecule has 124 valence electrons. The van der Waals surface area contributed by atoms with E-state index in [0.717, 1.165) is 27.5 Å². The van der Waals surface area contributed by atoms with E-state index in [1.807, 2.05) is 12.1 Å². The Kier molecular flexibility index (Phi) is 3.75. The summed E-state index contributed by atoms with van der Waals surface area (Å²) in [7, 11) is 0. The van der Waals surface area contributed by atoms with Crippen LogP contribution in [0.15, 0.2) is 28.7 Å². The molecule has 0 bridgehead atoms. The molecule has 0 radical (unpaired) electrons. The molecular weight excluding hydrogens is 356 g/mol. The average Bonchev–Trinajstić information content (AvgIpc) is 2.98. The summed E-state index contributed by atoms with van der Waals surface area (Å²) in [4.78, 5) is 17.1. The van der Waals surface area contributed by atoms with Crippen molar-refractivity contribution in [1.29, 1.82) is 0 Å². The van der Waals surface area contributed by atoms with Crippen molar-refractivity contribution in [1.82, 2.24) is 9.88 Å². The molecular formula is C18H23BrN2O2. The van der Waals surface area contributed by atoms with Gasteiger partial charge in [-0.2, -0.15) is 0 Å². The van der Waals surface area contributed by atoms with Crippen molar-refractivity contribution in [2.45, 2.75) is 39.7 Å².